The van der Waals surface area contributed by atoms with E-state index in [1.54, 1.807) is 17.5 Å². The lowest BCUT2D eigenvalue weighted by Gasteiger charge is -2.04. The van der Waals surface area contributed by atoms with E-state index in [9.17, 15) is 0 Å². The molecule has 0 aliphatic rings. The molecule has 4 aromatic heterocycles. The number of thiophene rings is 1. The highest BCUT2D eigenvalue weighted by Gasteiger charge is 2.19. The SMILES string of the molecule is Cc1nc(-c2nccn2C)nc2sc(-c3ccn(C(C)C)n3)c(C)c12. The Bertz CT molecular complexity index is 1070. The number of aromatic nitrogens is 6. The van der Waals surface area contributed by atoms with Crippen molar-refractivity contribution in [1.82, 2.24) is 29.3 Å². The number of rotatable bonds is 3. The minimum Gasteiger partial charge on any atom is -0.331 e. The van der Waals surface area contributed by atoms with Crippen molar-refractivity contribution in [2.75, 3.05) is 0 Å². The summed E-state index contributed by atoms with van der Waals surface area (Å²) in [6.45, 7) is 8.42. The van der Waals surface area contributed by atoms with E-state index in [-0.39, 0.29) is 0 Å². The van der Waals surface area contributed by atoms with Gasteiger partial charge in [0.2, 0.25) is 0 Å². The smallest absolute Gasteiger partial charge is 0.197 e. The quantitative estimate of drug-likeness (QED) is 0.555. The van der Waals surface area contributed by atoms with Gasteiger partial charge in [-0.15, -0.1) is 11.3 Å². The second-order valence-electron chi connectivity index (χ2n) is 6.51. The van der Waals surface area contributed by atoms with Gasteiger partial charge in [0.15, 0.2) is 11.6 Å². The first-order chi connectivity index (χ1) is 12.0. The van der Waals surface area contributed by atoms with E-state index in [4.69, 9.17) is 15.1 Å². The molecule has 0 atom stereocenters. The Kier molecular flexibility index (Phi) is 3.68. The lowest BCUT2D eigenvalue weighted by molar-refractivity contribution is 0.534. The molecule has 0 aliphatic carbocycles. The van der Waals surface area contributed by atoms with E-state index in [0.717, 1.165) is 32.3 Å². The van der Waals surface area contributed by atoms with Crippen molar-refractivity contribution in [3.05, 3.63) is 35.9 Å². The second-order valence-corrected chi connectivity index (χ2v) is 7.50. The fourth-order valence-electron chi connectivity index (χ4n) is 3.01. The van der Waals surface area contributed by atoms with Crippen molar-refractivity contribution in [3.8, 4) is 22.2 Å². The van der Waals surface area contributed by atoms with Crippen molar-refractivity contribution in [1.29, 1.82) is 0 Å². The lowest BCUT2D eigenvalue weighted by Crippen LogP contribution is -2.00. The zero-order valence-electron chi connectivity index (χ0n) is 15.0. The summed E-state index contributed by atoms with van der Waals surface area (Å²) in [4.78, 5) is 16.0. The standard InChI is InChI=1S/C18H20N6S/c1-10(2)24-8-6-13(22-24)15-11(3)14-12(4)20-16(21-18(14)25-15)17-19-7-9-23(17)5/h6-10H,1-5H3. The third-order valence-corrected chi connectivity index (χ3v) is 5.57. The summed E-state index contributed by atoms with van der Waals surface area (Å²) in [6, 6.07) is 2.42. The van der Waals surface area contributed by atoms with Gasteiger partial charge in [-0.1, -0.05) is 0 Å². The van der Waals surface area contributed by atoms with E-state index in [2.05, 4.69) is 31.8 Å². The van der Waals surface area contributed by atoms with Crippen LogP contribution >= 0.6 is 11.3 Å². The Morgan fingerprint density at radius 2 is 1.92 bits per heavy atom. The maximum Gasteiger partial charge on any atom is 0.197 e. The highest BCUT2D eigenvalue weighted by atomic mass is 32.1. The largest absolute Gasteiger partial charge is 0.331 e. The molecule has 0 radical (unpaired) electrons. The van der Waals surface area contributed by atoms with E-state index in [0.29, 0.717) is 11.9 Å². The van der Waals surface area contributed by atoms with Gasteiger partial charge in [0.05, 0.1) is 10.6 Å². The third kappa shape index (κ3) is 2.55. The Balaban J connectivity index is 1.89. The van der Waals surface area contributed by atoms with Crippen LogP contribution in [-0.4, -0.2) is 29.3 Å². The van der Waals surface area contributed by atoms with Crippen LogP contribution in [0.5, 0.6) is 0 Å². The molecular weight excluding hydrogens is 332 g/mol. The zero-order chi connectivity index (χ0) is 17.7. The molecule has 4 aromatic rings. The summed E-state index contributed by atoms with van der Waals surface area (Å²) in [7, 11) is 1.95. The predicted molar refractivity (Wildman–Crippen MR) is 101 cm³/mol. The van der Waals surface area contributed by atoms with Crippen LogP contribution in [0.3, 0.4) is 0 Å². The Labute approximate surface area is 150 Å². The van der Waals surface area contributed by atoms with E-state index in [1.807, 2.05) is 35.6 Å². The molecule has 0 amide bonds. The van der Waals surface area contributed by atoms with Gasteiger partial charge in [0.1, 0.15) is 10.5 Å². The van der Waals surface area contributed by atoms with Gasteiger partial charge in [-0.2, -0.15) is 5.10 Å². The number of fused-ring (bicyclic) bond motifs is 1. The highest BCUT2D eigenvalue weighted by Crippen LogP contribution is 2.38. The van der Waals surface area contributed by atoms with E-state index >= 15 is 0 Å². The molecule has 0 aliphatic heterocycles. The van der Waals surface area contributed by atoms with E-state index < -0.39 is 0 Å². The molecule has 0 saturated heterocycles. The number of hydrogen-bond acceptors (Lipinski definition) is 5. The number of aryl methyl sites for hydroxylation is 3. The molecule has 25 heavy (non-hydrogen) atoms. The van der Waals surface area contributed by atoms with E-state index in [1.165, 1.54) is 5.56 Å². The lowest BCUT2D eigenvalue weighted by atomic mass is 10.1. The Morgan fingerprint density at radius 1 is 1.12 bits per heavy atom. The minimum atomic E-state index is 0.347. The molecule has 4 rings (SSSR count). The van der Waals surface area contributed by atoms with Gasteiger partial charge in [0, 0.05) is 37.1 Å². The van der Waals surface area contributed by atoms with Crippen LogP contribution in [0.1, 0.15) is 31.1 Å². The summed E-state index contributed by atoms with van der Waals surface area (Å²) < 4.78 is 3.92. The molecule has 7 heteroatoms. The van der Waals surface area contributed by atoms with Gasteiger partial charge in [0.25, 0.3) is 0 Å². The summed E-state index contributed by atoms with van der Waals surface area (Å²) in [5.41, 5.74) is 3.16. The average molecular weight is 352 g/mol. The van der Waals surface area contributed by atoms with Crippen LogP contribution in [0.25, 0.3) is 32.4 Å². The van der Waals surface area contributed by atoms with Crippen molar-refractivity contribution in [3.63, 3.8) is 0 Å². The van der Waals surface area contributed by atoms with Crippen molar-refractivity contribution >= 4 is 21.6 Å². The Hall–Kier alpha value is -2.54. The van der Waals surface area contributed by atoms with Crippen molar-refractivity contribution in [2.24, 2.45) is 7.05 Å². The third-order valence-electron chi connectivity index (χ3n) is 4.36. The first-order valence-electron chi connectivity index (χ1n) is 8.26. The van der Waals surface area contributed by atoms with Crippen molar-refractivity contribution in [2.45, 2.75) is 33.7 Å². The second kappa shape index (κ2) is 5.77. The molecule has 0 N–H and O–H groups in total. The molecule has 0 spiro atoms. The van der Waals surface area contributed by atoms with Crippen LogP contribution in [-0.2, 0) is 7.05 Å². The maximum absolute atomic E-state index is 4.78. The summed E-state index contributed by atoms with van der Waals surface area (Å²) in [5, 5.41) is 5.84. The van der Waals surface area contributed by atoms with Gasteiger partial charge in [-0.25, -0.2) is 15.0 Å². The van der Waals surface area contributed by atoms with Crippen LogP contribution in [0.4, 0.5) is 0 Å². The summed E-state index contributed by atoms with van der Waals surface area (Å²) in [6.07, 6.45) is 5.70. The number of nitrogens with zero attached hydrogens (tertiary/aromatic N) is 6. The van der Waals surface area contributed by atoms with Crippen molar-refractivity contribution < 1.29 is 0 Å². The van der Waals surface area contributed by atoms with Crippen LogP contribution in [0.2, 0.25) is 0 Å². The fourth-order valence-corrected chi connectivity index (χ4v) is 4.21. The topological polar surface area (TPSA) is 61.4 Å². The van der Waals surface area contributed by atoms with Crippen LogP contribution < -0.4 is 0 Å². The molecule has 4 heterocycles. The zero-order valence-corrected chi connectivity index (χ0v) is 15.8. The van der Waals surface area contributed by atoms with Gasteiger partial charge in [-0.3, -0.25) is 4.68 Å². The highest BCUT2D eigenvalue weighted by molar-refractivity contribution is 7.22. The first-order valence-corrected chi connectivity index (χ1v) is 9.08. The molecule has 6 nitrogen and oxygen atoms in total. The molecule has 128 valence electrons. The van der Waals surface area contributed by atoms with Crippen LogP contribution in [0.15, 0.2) is 24.7 Å². The molecular formula is C18H20N6S. The molecule has 0 fully saturated rings. The number of hydrogen-bond donors (Lipinski definition) is 0. The summed E-state index contributed by atoms with van der Waals surface area (Å²) in [5.74, 6) is 1.44. The number of imidazole rings is 1. The first kappa shape index (κ1) is 16.0. The molecule has 0 saturated carbocycles. The van der Waals surface area contributed by atoms with Gasteiger partial charge in [-0.05, 0) is 39.3 Å². The minimum absolute atomic E-state index is 0.347. The average Bonchev–Trinajstić information content (AvgIpc) is 3.25. The molecule has 0 aromatic carbocycles. The van der Waals surface area contributed by atoms with Crippen LogP contribution in [0, 0.1) is 13.8 Å². The Morgan fingerprint density at radius 3 is 2.56 bits per heavy atom. The van der Waals surface area contributed by atoms with Gasteiger partial charge >= 0.3 is 0 Å². The molecule has 0 bridgehead atoms. The molecule has 0 unspecified atom stereocenters. The fraction of sp³-hybridized carbons (Fsp3) is 0.333. The summed E-state index contributed by atoms with van der Waals surface area (Å²) >= 11 is 1.67. The van der Waals surface area contributed by atoms with Gasteiger partial charge < -0.3 is 4.57 Å². The monoisotopic (exact) mass is 352 g/mol. The maximum atomic E-state index is 4.78. The predicted octanol–water partition coefficient (Wildman–Crippen LogP) is 4.15. The normalized spacial score (nSPS) is 11.8.